The lowest BCUT2D eigenvalue weighted by atomic mass is 10.1. The van der Waals surface area contributed by atoms with E-state index in [2.05, 4.69) is 19.1 Å². The Morgan fingerprint density at radius 2 is 1.53 bits per heavy atom. The van der Waals surface area contributed by atoms with Crippen LogP contribution in [0.4, 0.5) is 0 Å². The Bertz CT molecular complexity index is 191. The van der Waals surface area contributed by atoms with Crippen molar-refractivity contribution >= 4 is 5.97 Å². The minimum Gasteiger partial charge on any atom is -0.481 e. The van der Waals surface area contributed by atoms with Crippen molar-refractivity contribution in [3.8, 4) is 0 Å². The maximum atomic E-state index is 10.1. The van der Waals surface area contributed by atoms with Gasteiger partial charge in [-0.15, -0.1) is 0 Å². The summed E-state index contributed by atoms with van der Waals surface area (Å²) in [6.45, 7) is 2.20. The van der Waals surface area contributed by atoms with Crippen LogP contribution in [0.25, 0.3) is 0 Å². The molecule has 1 N–H and O–H groups in total. The van der Waals surface area contributed by atoms with E-state index in [0.717, 1.165) is 12.8 Å². The smallest absolute Gasteiger partial charge is 0.303 e. The van der Waals surface area contributed by atoms with Crippen LogP contribution in [0.3, 0.4) is 0 Å². The molecule has 2 nitrogen and oxygen atoms in total. The zero-order valence-electron chi connectivity index (χ0n) is 11.3. The summed E-state index contributed by atoms with van der Waals surface area (Å²) >= 11 is 0. The van der Waals surface area contributed by atoms with Gasteiger partial charge in [0.25, 0.3) is 0 Å². The Labute approximate surface area is 106 Å². The Hall–Kier alpha value is -0.790. The number of aliphatic carboxylic acids is 1. The highest BCUT2D eigenvalue weighted by Gasteiger charge is 1.95. The number of carboxylic acid groups (broad SMARTS) is 1. The predicted molar refractivity (Wildman–Crippen MR) is 73.2 cm³/mol. The highest BCUT2D eigenvalue weighted by molar-refractivity contribution is 5.66. The average molecular weight is 240 g/mol. The lowest BCUT2D eigenvalue weighted by Crippen LogP contribution is -1.93. The maximum absolute atomic E-state index is 10.1. The van der Waals surface area contributed by atoms with Gasteiger partial charge in [0.05, 0.1) is 0 Å². The lowest BCUT2D eigenvalue weighted by Gasteiger charge is -1.98. The summed E-state index contributed by atoms with van der Waals surface area (Å²) in [5.74, 6) is -0.663. The normalized spacial score (nSPS) is 13.2. The van der Waals surface area contributed by atoms with E-state index < -0.39 is 5.97 Å². The molecule has 1 rings (SSSR count). The lowest BCUT2D eigenvalue weighted by molar-refractivity contribution is -0.137. The SMILES string of the molecule is C1=CCCC1.CCCCCCCCCC(=O)O. The van der Waals surface area contributed by atoms with Gasteiger partial charge in [-0.05, 0) is 25.7 Å². The van der Waals surface area contributed by atoms with Crippen molar-refractivity contribution in [2.45, 2.75) is 77.6 Å². The number of hydrogen-bond acceptors (Lipinski definition) is 1. The molecule has 0 radical (unpaired) electrons. The number of carboxylic acids is 1. The second-order valence-electron chi connectivity index (χ2n) is 4.67. The number of unbranched alkanes of at least 4 members (excludes halogenated alkanes) is 6. The molecule has 0 aromatic heterocycles. The van der Waals surface area contributed by atoms with Crippen molar-refractivity contribution in [2.75, 3.05) is 0 Å². The fraction of sp³-hybridized carbons (Fsp3) is 0.800. The molecule has 0 saturated heterocycles. The first-order chi connectivity index (χ1) is 8.27. The van der Waals surface area contributed by atoms with Gasteiger partial charge in [-0.1, -0.05) is 57.6 Å². The summed E-state index contributed by atoms with van der Waals surface area (Å²) in [5, 5.41) is 8.35. The third kappa shape index (κ3) is 15.2. The van der Waals surface area contributed by atoms with Crippen LogP contribution >= 0.6 is 0 Å². The van der Waals surface area contributed by atoms with Crippen molar-refractivity contribution < 1.29 is 9.90 Å². The molecule has 1 aliphatic carbocycles. The van der Waals surface area contributed by atoms with Gasteiger partial charge >= 0.3 is 5.97 Å². The highest BCUT2D eigenvalue weighted by atomic mass is 16.4. The van der Waals surface area contributed by atoms with Crippen LogP contribution < -0.4 is 0 Å². The van der Waals surface area contributed by atoms with Crippen molar-refractivity contribution in [3.63, 3.8) is 0 Å². The third-order valence-electron chi connectivity index (χ3n) is 2.90. The van der Waals surface area contributed by atoms with Crippen LogP contribution in [-0.2, 0) is 4.79 Å². The molecule has 1 aliphatic rings. The van der Waals surface area contributed by atoms with Gasteiger partial charge in [0.1, 0.15) is 0 Å². The van der Waals surface area contributed by atoms with E-state index in [1.807, 2.05) is 0 Å². The number of hydrogen-bond donors (Lipinski definition) is 1. The molecule has 0 fully saturated rings. The van der Waals surface area contributed by atoms with E-state index in [9.17, 15) is 4.79 Å². The fourth-order valence-electron chi connectivity index (χ4n) is 1.82. The van der Waals surface area contributed by atoms with Gasteiger partial charge in [0.2, 0.25) is 0 Å². The van der Waals surface area contributed by atoms with Gasteiger partial charge in [-0.3, -0.25) is 4.79 Å². The zero-order chi connectivity index (χ0) is 12.8. The first kappa shape index (κ1) is 16.2. The molecule has 2 heteroatoms. The van der Waals surface area contributed by atoms with Crippen LogP contribution in [-0.4, -0.2) is 11.1 Å². The average Bonchev–Trinajstić information content (AvgIpc) is 2.86. The quantitative estimate of drug-likeness (QED) is 0.482. The van der Waals surface area contributed by atoms with E-state index in [1.54, 1.807) is 0 Å². The minimum absolute atomic E-state index is 0.341. The molecule has 0 heterocycles. The van der Waals surface area contributed by atoms with Gasteiger partial charge in [-0.25, -0.2) is 0 Å². The van der Waals surface area contributed by atoms with E-state index in [1.165, 1.54) is 51.4 Å². The molecule has 0 spiro atoms. The van der Waals surface area contributed by atoms with E-state index in [4.69, 9.17) is 5.11 Å². The monoisotopic (exact) mass is 240 g/mol. The Morgan fingerprint density at radius 1 is 1.00 bits per heavy atom. The van der Waals surface area contributed by atoms with E-state index >= 15 is 0 Å². The van der Waals surface area contributed by atoms with E-state index in [0.29, 0.717) is 6.42 Å². The van der Waals surface area contributed by atoms with Gasteiger partial charge in [0, 0.05) is 6.42 Å². The van der Waals surface area contributed by atoms with Gasteiger partial charge in [0.15, 0.2) is 0 Å². The van der Waals surface area contributed by atoms with Crippen molar-refractivity contribution in [3.05, 3.63) is 12.2 Å². The predicted octanol–water partition coefficient (Wildman–Crippen LogP) is 4.94. The van der Waals surface area contributed by atoms with Crippen molar-refractivity contribution in [1.29, 1.82) is 0 Å². The largest absolute Gasteiger partial charge is 0.481 e. The first-order valence-electron chi connectivity index (χ1n) is 7.14. The highest BCUT2D eigenvalue weighted by Crippen LogP contribution is 2.08. The maximum Gasteiger partial charge on any atom is 0.303 e. The molecule has 0 aliphatic heterocycles. The number of carbonyl (C=O) groups is 1. The fourth-order valence-corrected chi connectivity index (χ4v) is 1.82. The molecule has 17 heavy (non-hydrogen) atoms. The molecule has 0 amide bonds. The molecule has 0 unspecified atom stereocenters. The molecule has 0 aromatic carbocycles. The summed E-state index contributed by atoms with van der Waals surface area (Å²) in [4.78, 5) is 10.1. The van der Waals surface area contributed by atoms with Crippen molar-refractivity contribution in [1.82, 2.24) is 0 Å². The second kappa shape index (κ2) is 13.3. The first-order valence-corrected chi connectivity index (χ1v) is 7.14. The standard InChI is InChI=1S/C10H20O2.C5H8/c1-2-3-4-5-6-7-8-9-10(11)12;1-2-4-5-3-1/h2-9H2,1H3,(H,11,12);1-2H,3-5H2. The number of allylic oxidation sites excluding steroid dienone is 2. The Morgan fingerprint density at radius 3 is 1.94 bits per heavy atom. The molecule has 0 aromatic rings. The Balaban J connectivity index is 0.000000419. The molecule has 0 atom stereocenters. The van der Waals surface area contributed by atoms with Crippen LogP contribution in [0.1, 0.15) is 77.6 Å². The summed E-state index contributed by atoms with van der Waals surface area (Å²) in [6, 6.07) is 0. The molecule has 100 valence electrons. The van der Waals surface area contributed by atoms with Crippen LogP contribution in [0.15, 0.2) is 12.2 Å². The van der Waals surface area contributed by atoms with Crippen LogP contribution in [0.5, 0.6) is 0 Å². The topological polar surface area (TPSA) is 37.3 Å². The van der Waals surface area contributed by atoms with Gasteiger partial charge in [-0.2, -0.15) is 0 Å². The van der Waals surface area contributed by atoms with Crippen molar-refractivity contribution in [2.24, 2.45) is 0 Å². The molecule has 0 saturated carbocycles. The summed E-state index contributed by atoms with van der Waals surface area (Å²) in [7, 11) is 0. The zero-order valence-corrected chi connectivity index (χ0v) is 11.3. The van der Waals surface area contributed by atoms with E-state index in [-0.39, 0.29) is 0 Å². The Kier molecular flexibility index (Phi) is 12.7. The van der Waals surface area contributed by atoms with Gasteiger partial charge < -0.3 is 5.11 Å². The molecule has 0 bridgehead atoms. The minimum atomic E-state index is -0.663. The second-order valence-corrected chi connectivity index (χ2v) is 4.67. The summed E-state index contributed by atoms with van der Waals surface area (Å²) < 4.78 is 0. The third-order valence-corrected chi connectivity index (χ3v) is 2.90. The van der Waals surface area contributed by atoms with Crippen LogP contribution in [0.2, 0.25) is 0 Å². The summed E-state index contributed by atoms with van der Waals surface area (Å²) in [5.41, 5.74) is 0. The van der Waals surface area contributed by atoms with Crippen LogP contribution in [0, 0.1) is 0 Å². The number of rotatable bonds is 8. The summed E-state index contributed by atoms with van der Waals surface area (Å²) in [6.07, 6.45) is 17.1. The molecular weight excluding hydrogens is 212 g/mol. The molecular formula is C15H28O2.